The minimum atomic E-state index is -3.70. The average Bonchev–Trinajstić information content (AvgIpc) is 2.61. The third-order valence-corrected chi connectivity index (χ3v) is 5.19. The number of aryl methyl sites for hydroxylation is 1. The van der Waals surface area contributed by atoms with Crippen LogP contribution in [0.3, 0.4) is 0 Å². The molecule has 0 spiro atoms. The monoisotopic (exact) mass is 292 g/mol. The fourth-order valence-corrected chi connectivity index (χ4v) is 3.72. The zero-order valence-electron chi connectivity index (χ0n) is 10.4. The van der Waals surface area contributed by atoms with Gasteiger partial charge in [0.05, 0.1) is 5.69 Å². The second-order valence-electron chi connectivity index (χ2n) is 3.62. The molecule has 1 aromatic rings. The van der Waals surface area contributed by atoms with E-state index in [1.807, 2.05) is 0 Å². The summed E-state index contributed by atoms with van der Waals surface area (Å²) >= 11 is 1.01. The number of carbonyl (C=O) groups is 1. The first-order valence-electron chi connectivity index (χ1n) is 5.42. The van der Waals surface area contributed by atoms with Crippen molar-refractivity contribution in [1.29, 1.82) is 0 Å². The van der Waals surface area contributed by atoms with Crippen LogP contribution in [0.5, 0.6) is 0 Å². The standard InChI is InChI=1S/C10H16N2O4S2/c1-4-12(5-2)18(15,16)11-8-7(3)6-17-9(8)10(13)14/h6,11H,4-5H2,1-3H3,(H,13,14). The first kappa shape index (κ1) is 14.9. The van der Waals surface area contributed by atoms with Crippen molar-refractivity contribution in [3.05, 3.63) is 15.8 Å². The van der Waals surface area contributed by atoms with Crippen molar-refractivity contribution in [2.24, 2.45) is 0 Å². The Morgan fingerprint density at radius 3 is 2.44 bits per heavy atom. The number of thiophene rings is 1. The van der Waals surface area contributed by atoms with E-state index in [1.54, 1.807) is 26.2 Å². The maximum absolute atomic E-state index is 12.0. The van der Waals surface area contributed by atoms with Gasteiger partial charge in [-0.3, -0.25) is 4.72 Å². The van der Waals surface area contributed by atoms with Gasteiger partial charge in [0.25, 0.3) is 0 Å². The fraction of sp³-hybridized carbons (Fsp3) is 0.500. The van der Waals surface area contributed by atoms with Crippen molar-refractivity contribution in [2.75, 3.05) is 17.8 Å². The van der Waals surface area contributed by atoms with E-state index in [1.165, 1.54) is 4.31 Å². The van der Waals surface area contributed by atoms with E-state index in [0.29, 0.717) is 18.7 Å². The molecule has 18 heavy (non-hydrogen) atoms. The van der Waals surface area contributed by atoms with E-state index in [4.69, 9.17) is 5.11 Å². The maximum Gasteiger partial charge on any atom is 0.348 e. The molecule has 0 saturated carbocycles. The Bertz CT molecular complexity index is 532. The second-order valence-corrected chi connectivity index (χ2v) is 6.17. The zero-order valence-corrected chi connectivity index (χ0v) is 12.1. The molecule has 8 heteroatoms. The topological polar surface area (TPSA) is 86.7 Å². The highest BCUT2D eigenvalue weighted by atomic mass is 32.2. The predicted octanol–water partition coefficient (Wildman–Crippen LogP) is 1.75. The Morgan fingerprint density at radius 1 is 1.44 bits per heavy atom. The number of carboxylic acids is 1. The summed E-state index contributed by atoms with van der Waals surface area (Å²) in [5.74, 6) is -1.13. The zero-order chi connectivity index (χ0) is 13.9. The summed E-state index contributed by atoms with van der Waals surface area (Å²) < 4.78 is 27.6. The summed E-state index contributed by atoms with van der Waals surface area (Å²) in [6.07, 6.45) is 0. The summed E-state index contributed by atoms with van der Waals surface area (Å²) in [5.41, 5.74) is 0.757. The highest BCUT2D eigenvalue weighted by Crippen LogP contribution is 2.28. The number of anilines is 1. The molecule has 0 unspecified atom stereocenters. The summed E-state index contributed by atoms with van der Waals surface area (Å²) in [6.45, 7) is 5.78. The smallest absolute Gasteiger partial charge is 0.348 e. The number of nitrogens with one attached hydrogen (secondary N) is 1. The van der Waals surface area contributed by atoms with E-state index >= 15 is 0 Å². The van der Waals surface area contributed by atoms with Crippen molar-refractivity contribution in [3.8, 4) is 0 Å². The van der Waals surface area contributed by atoms with Crippen LogP contribution in [0.1, 0.15) is 29.1 Å². The van der Waals surface area contributed by atoms with Gasteiger partial charge in [-0.15, -0.1) is 11.3 Å². The first-order chi connectivity index (χ1) is 8.33. The van der Waals surface area contributed by atoms with Crippen molar-refractivity contribution in [2.45, 2.75) is 20.8 Å². The lowest BCUT2D eigenvalue weighted by atomic mass is 10.3. The summed E-state index contributed by atoms with van der Waals surface area (Å²) in [6, 6.07) is 0. The van der Waals surface area contributed by atoms with Gasteiger partial charge in [-0.2, -0.15) is 12.7 Å². The van der Waals surface area contributed by atoms with Crippen LogP contribution in [0.15, 0.2) is 5.38 Å². The van der Waals surface area contributed by atoms with E-state index in [9.17, 15) is 13.2 Å². The molecule has 1 rings (SSSR count). The van der Waals surface area contributed by atoms with Crippen LogP contribution < -0.4 is 4.72 Å². The molecule has 0 aliphatic heterocycles. The SMILES string of the molecule is CCN(CC)S(=O)(=O)Nc1c(C)csc1C(=O)O. The number of aromatic carboxylic acids is 1. The third kappa shape index (κ3) is 3.01. The normalized spacial score (nSPS) is 11.8. The average molecular weight is 292 g/mol. The Labute approximate surface area is 110 Å². The predicted molar refractivity (Wildman–Crippen MR) is 71.5 cm³/mol. The lowest BCUT2D eigenvalue weighted by molar-refractivity contribution is 0.0703. The molecular formula is C10H16N2O4S2. The highest BCUT2D eigenvalue weighted by Gasteiger charge is 2.23. The fourth-order valence-electron chi connectivity index (χ4n) is 1.49. The maximum atomic E-state index is 12.0. The van der Waals surface area contributed by atoms with Crippen molar-refractivity contribution < 1.29 is 18.3 Å². The highest BCUT2D eigenvalue weighted by molar-refractivity contribution is 7.90. The van der Waals surface area contributed by atoms with Crippen LogP contribution in [-0.4, -0.2) is 36.9 Å². The van der Waals surface area contributed by atoms with Crippen LogP contribution in [0.4, 0.5) is 5.69 Å². The first-order valence-corrected chi connectivity index (χ1v) is 7.74. The summed E-state index contributed by atoms with van der Waals surface area (Å²) in [4.78, 5) is 11.0. The van der Waals surface area contributed by atoms with Gasteiger partial charge in [0.1, 0.15) is 4.88 Å². The molecule has 0 aromatic carbocycles. The van der Waals surface area contributed by atoms with Gasteiger partial charge in [0.15, 0.2) is 0 Å². The molecule has 0 amide bonds. The van der Waals surface area contributed by atoms with Crippen LogP contribution in [0.2, 0.25) is 0 Å². The molecule has 0 atom stereocenters. The van der Waals surface area contributed by atoms with Gasteiger partial charge in [-0.1, -0.05) is 13.8 Å². The Kier molecular flexibility index (Phi) is 4.71. The molecule has 0 aliphatic rings. The lowest BCUT2D eigenvalue weighted by Crippen LogP contribution is -2.35. The van der Waals surface area contributed by atoms with Crippen molar-refractivity contribution in [3.63, 3.8) is 0 Å². The molecule has 1 aromatic heterocycles. The minimum absolute atomic E-state index is 0.00299. The van der Waals surface area contributed by atoms with Crippen LogP contribution in [0.25, 0.3) is 0 Å². The van der Waals surface area contributed by atoms with E-state index in [-0.39, 0.29) is 10.6 Å². The third-order valence-electron chi connectivity index (χ3n) is 2.45. The van der Waals surface area contributed by atoms with Gasteiger partial charge in [0, 0.05) is 13.1 Å². The van der Waals surface area contributed by atoms with Crippen molar-refractivity contribution >= 4 is 33.2 Å². The van der Waals surface area contributed by atoms with Crippen molar-refractivity contribution in [1.82, 2.24) is 4.31 Å². The van der Waals surface area contributed by atoms with Crippen LogP contribution in [0, 0.1) is 6.92 Å². The molecular weight excluding hydrogens is 276 g/mol. The van der Waals surface area contributed by atoms with Crippen LogP contribution >= 0.6 is 11.3 Å². The van der Waals surface area contributed by atoms with Gasteiger partial charge in [-0.05, 0) is 17.9 Å². The molecule has 1 heterocycles. The van der Waals surface area contributed by atoms with Gasteiger partial charge < -0.3 is 5.11 Å². The number of hydrogen-bond donors (Lipinski definition) is 2. The molecule has 6 nitrogen and oxygen atoms in total. The molecule has 0 fully saturated rings. The largest absolute Gasteiger partial charge is 0.477 e. The summed E-state index contributed by atoms with van der Waals surface area (Å²) in [7, 11) is -3.70. The molecule has 0 radical (unpaired) electrons. The summed E-state index contributed by atoms with van der Waals surface area (Å²) in [5, 5.41) is 10.6. The van der Waals surface area contributed by atoms with E-state index in [0.717, 1.165) is 11.3 Å². The molecule has 2 N–H and O–H groups in total. The number of carboxylic acid groups (broad SMARTS) is 1. The number of hydrogen-bond acceptors (Lipinski definition) is 4. The van der Waals surface area contributed by atoms with E-state index < -0.39 is 16.2 Å². The minimum Gasteiger partial charge on any atom is -0.477 e. The Hall–Kier alpha value is -1.12. The number of nitrogens with zero attached hydrogens (tertiary/aromatic N) is 1. The quantitative estimate of drug-likeness (QED) is 0.836. The lowest BCUT2D eigenvalue weighted by Gasteiger charge is -2.19. The molecule has 0 aliphatic carbocycles. The van der Waals surface area contributed by atoms with Gasteiger partial charge >= 0.3 is 16.2 Å². The van der Waals surface area contributed by atoms with Gasteiger partial charge in [0.2, 0.25) is 0 Å². The number of rotatable bonds is 6. The molecule has 102 valence electrons. The van der Waals surface area contributed by atoms with Gasteiger partial charge in [-0.25, -0.2) is 4.79 Å². The Balaban J connectivity index is 3.11. The molecule has 0 bridgehead atoms. The molecule has 0 saturated heterocycles. The van der Waals surface area contributed by atoms with E-state index in [2.05, 4.69) is 4.72 Å². The second kappa shape index (κ2) is 5.68. The Morgan fingerprint density at radius 2 is 2.00 bits per heavy atom. The van der Waals surface area contributed by atoms with Crippen LogP contribution in [-0.2, 0) is 10.2 Å².